The van der Waals surface area contributed by atoms with E-state index in [1.54, 1.807) is 18.2 Å². The largest absolute Gasteiger partial charge is 0.207 e. The van der Waals surface area contributed by atoms with Gasteiger partial charge in [-0.3, -0.25) is 0 Å². The molecule has 0 bridgehead atoms. The van der Waals surface area contributed by atoms with Crippen LogP contribution in [0.15, 0.2) is 42.5 Å². The molecule has 0 spiro atoms. The molecule has 2 aromatic rings. The summed E-state index contributed by atoms with van der Waals surface area (Å²) in [6.07, 6.45) is 2.44. The van der Waals surface area contributed by atoms with Crippen LogP contribution in [0.3, 0.4) is 0 Å². The van der Waals surface area contributed by atoms with E-state index in [0.29, 0.717) is 5.92 Å². The highest BCUT2D eigenvalue weighted by molar-refractivity contribution is 5.27. The molecule has 0 heterocycles. The molecule has 0 N–H and O–H groups in total. The summed E-state index contributed by atoms with van der Waals surface area (Å²) in [4.78, 5) is 0. The predicted molar refractivity (Wildman–Crippen MR) is 78.8 cm³/mol. The van der Waals surface area contributed by atoms with E-state index in [9.17, 15) is 8.78 Å². The van der Waals surface area contributed by atoms with Crippen LogP contribution in [0.25, 0.3) is 0 Å². The maximum Gasteiger partial charge on any atom is 0.126 e. The van der Waals surface area contributed by atoms with Gasteiger partial charge < -0.3 is 0 Å². The second kappa shape index (κ2) is 6.65. The van der Waals surface area contributed by atoms with Crippen molar-refractivity contribution in [1.82, 2.24) is 0 Å². The molecule has 0 nitrogen and oxygen atoms in total. The van der Waals surface area contributed by atoms with Gasteiger partial charge >= 0.3 is 0 Å². The third-order valence-corrected chi connectivity index (χ3v) is 3.35. The highest BCUT2D eigenvalue weighted by Gasteiger charge is 2.06. The van der Waals surface area contributed by atoms with Crippen LogP contribution in [-0.2, 0) is 19.3 Å². The molecule has 0 unspecified atom stereocenters. The van der Waals surface area contributed by atoms with Crippen molar-refractivity contribution in [2.45, 2.75) is 33.1 Å². The number of halogens is 2. The first kappa shape index (κ1) is 14.7. The zero-order chi connectivity index (χ0) is 14.5. The minimum atomic E-state index is -0.213. The van der Waals surface area contributed by atoms with Gasteiger partial charge in [0, 0.05) is 0 Å². The van der Waals surface area contributed by atoms with Gasteiger partial charge in [-0.15, -0.1) is 0 Å². The quantitative estimate of drug-likeness (QED) is 0.723. The van der Waals surface area contributed by atoms with Crippen LogP contribution in [0.5, 0.6) is 0 Å². The lowest BCUT2D eigenvalue weighted by Gasteiger charge is -2.09. The molecule has 0 radical (unpaired) electrons. The van der Waals surface area contributed by atoms with E-state index >= 15 is 0 Å². The molecule has 20 heavy (non-hydrogen) atoms. The number of rotatable bonds is 5. The summed E-state index contributed by atoms with van der Waals surface area (Å²) in [5.41, 5.74) is 3.02. The minimum absolute atomic E-state index is 0.121. The lowest BCUT2D eigenvalue weighted by molar-refractivity contribution is 0.573. The molecule has 0 saturated carbocycles. The number of aryl methyl sites for hydroxylation is 2. The van der Waals surface area contributed by atoms with Crippen molar-refractivity contribution in [1.29, 1.82) is 0 Å². The van der Waals surface area contributed by atoms with Crippen molar-refractivity contribution in [3.8, 4) is 0 Å². The molecular weight excluding hydrogens is 254 g/mol. The highest BCUT2D eigenvalue weighted by atomic mass is 19.1. The predicted octanol–water partition coefficient (Wildman–Crippen LogP) is 4.95. The van der Waals surface area contributed by atoms with Crippen molar-refractivity contribution in [3.63, 3.8) is 0 Å². The smallest absolute Gasteiger partial charge is 0.126 e. The minimum Gasteiger partial charge on any atom is -0.207 e. The highest BCUT2D eigenvalue weighted by Crippen LogP contribution is 2.16. The van der Waals surface area contributed by atoms with Gasteiger partial charge in [0.05, 0.1) is 0 Å². The zero-order valence-corrected chi connectivity index (χ0v) is 12.0. The molecule has 0 amide bonds. The molecule has 106 valence electrons. The van der Waals surface area contributed by atoms with E-state index < -0.39 is 0 Å². The molecule has 0 fully saturated rings. The third kappa shape index (κ3) is 4.16. The van der Waals surface area contributed by atoms with Gasteiger partial charge in [0.2, 0.25) is 0 Å². The van der Waals surface area contributed by atoms with Crippen LogP contribution in [0.4, 0.5) is 8.78 Å². The summed E-state index contributed by atoms with van der Waals surface area (Å²) in [6.45, 7) is 4.18. The van der Waals surface area contributed by atoms with Gasteiger partial charge in [0.1, 0.15) is 11.6 Å². The molecule has 0 aliphatic rings. The maximum absolute atomic E-state index is 13.7. The fraction of sp³-hybridized carbons (Fsp3) is 0.333. The average Bonchev–Trinajstić information content (AvgIpc) is 2.41. The van der Waals surface area contributed by atoms with E-state index in [0.717, 1.165) is 36.0 Å². The maximum atomic E-state index is 13.7. The first-order valence-electron chi connectivity index (χ1n) is 7.06. The standard InChI is InChI=1S/C18H20F2/c1-13(2)11-16-12-15(7-10-18(16)20)4-3-14-5-8-17(19)9-6-14/h5-10,12-13H,3-4,11H2,1-2H3. The summed E-state index contributed by atoms with van der Waals surface area (Å²) in [6, 6.07) is 11.9. The van der Waals surface area contributed by atoms with E-state index in [4.69, 9.17) is 0 Å². The Morgan fingerprint density at radius 1 is 0.850 bits per heavy atom. The van der Waals surface area contributed by atoms with Crippen molar-refractivity contribution >= 4 is 0 Å². The molecule has 0 aliphatic carbocycles. The molecule has 0 aliphatic heterocycles. The van der Waals surface area contributed by atoms with E-state index in [-0.39, 0.29) is 11.6 Å². The van der Waals surface area contributed by atoms with Crippen molar-refractivity contribution in [3.05, 3.63) is 70.8 Å². The Morgan fingerprint density at radius 3 is 2.10 bits per heavy atom. The second-order valence-corrected chi connectivity index (χ2v) is 5.65. The van der Waals surface area contributed by atoms with Gasteiger partial charge in [0.15, 0.2) is 0 Å². The van der Waals surface area contributed by atoms with Crippen LogP contribution in [0.1, 0.15) is 30.5 Å². The summed E-state index contributed by atoms with van der Waals surface area (Å²) in [7, 11) is 0. The van der Waals surface area contributed by atoms with Crippen molar-refractivity contribution in [2.24, 2.45) is 5.92 Å². The zero-order valence-electron chi connectivity index (χ0n) is 12.0. The Morgan fingerprint density at radius 2 is 1.45 bits per heavy atom. The fourth-order valence-corrected chi connectivity index (χ4v) is 2.32. The number of hydrogen-bond acceptors (Lipinski definition) is 0. The normalized spacial score (nSPS) is 11.1. The van der Waals surface area contributed by atoms with E-state index in [2.05, 4.69) is 13.8 Å². The summed E-state index contributed by atoms with van der Waals surface area (Å²) in [5.74, 6) is 0.107. The van der Waals surface area contributed by atoms with Gasteiger partial charge in [-0.2, -0.15) is 0 Å². The van der Waals surface area contributed by atoms with E-state index in [1.165, 1.54) is 12.1 Å². The Hall–Kier alpha value is -1.70. The van der Waals surface area contributed by atoms with E-state index in [1.807, 2.05) is 12.1 Å². The Bertz CT molecular complexity index is 556. The summed E-state index contributed by atoms with van der Waals surface area (Å²) >= 11 is 0. The summed E-state index contributed by atoms with van der Waals surface area (Å²) < 4.78 is 26.5. The number of benzene rings is 2. The molecule has 2 heteroatoms. The first-order valence-corrected chi connectivity index (χ1v) is 7.06. The first-order chi connectivity index (χ1) is 9.54. The van der Waals surface area contributed by atoms with Crippen LogP contribution in [0, 0.1) is 17.6 Å². The average molecular weight is 274 g/mol. The molecule has 0 saturated heterocycles. The second-order valence-electron chi connectivity index (χ2n) is 5.65. The Kier molecular flexibility index (Phi) is 4.89. The lowest BCUT2D eigenvalue weighted by atomic mass is 9.97. The Balaban J connectivity index is 2.04. The Labute approximate surface area is 119 Å². The molecule has 0 aromatic heterocycles. The molecule has 2 rings (SSSR count). The molecule has 0 atom stereocenters. The summed E-state index contributed by atoms with van der Waals surface area (Å²) in [5, 5.41) is 0. The van der Waals surface area contributed by atoms with Gasteiger partial charge in [-0.05, 0) is 60.1 Å². The van der Waals surface area contributed by atoms with Crippen LogP contribution < -0.4 is 0 Å². The number of hydrogen-bond donors (Lipinski definition) is 0. The topological polar surface area (TPSA) is 0 Å². The SMILES string of the molecule is CC(C)Cc1cc(CCc2ccc(F)cc2)ccc1F. The molecule has 2 aromatic carbocycles. The van der Waals surface area contributed by atoms with Crippen LogP contribution in [-0.4, -0.2) is 0 Å². The fourth-order valence-electron chi connectivity index (χ4n) is 2.32. The monoisotopic (exact) mass is 274 g/mol. The van der Waals surface area contributed by atoms with Gasteiger partial charge in [-0.25, -0.2) is 8.78 Å². The van der Waals surface area contributed by atoms with Crippen molar-refractivity contribution < 1.29 is 8.78 Å². The third-order valence-electron chi connectivity index (χ3n) is 3.35. The molecular formula is C18H20F2. The van der Waals surface area contributed by atoms with Gasteiger partial charge in [0.25, 0.3) is 0 Å². The van der Waals surface area contributed by atoms with Crippen LogP contribution in [0.2, 0.25) is 0 Å². The lowest BCUT2D eigenvalue weighted by Crippen LogP contribution is -2.00. The van der Waals surface area contributed by atoms with Gasteiger partial charge in [-0.1, -0.05) is 38.1 Å². The van der Waals surface area contributed by atoms with Crippen LogP contribution >= 0.6 is 0 Å². The van der Waals surface area contributed by atoms with Crippen molar-refractivity contribution in [2.75, 3.05) is 0 Å².